The summed E-state index contributed by atoms with van der Waals surface area (Å²) in [7, 11) is 0. The number of hydrogen-bond acceptors (Lipinski definition) is 1. The van der Waals surface area contributed by atoms with Crippen LogP contribution < -0.4 is 0 Å². The maximum Gasteiger partial charge on any atom is 0.133 e. The lowest BCUT2D eigenvalue weighted by molar-refractivity contribution is -0.103. The monoisotopic (exact) mass is 140 g/mol. The Kier molecular flexibility index (Phi) is 2.40. The largest absolute Gasteiger partial charge is 0.380 e. The third-order valence-corrected chi connectivity index (χ3v) is 2.23. The Morgan fingerprint density at radius 3 is 2.30 bits per heavy atom. The van der Waals surface area contributed by atoms with Gasteiger partial charge in [-0.3, -0.25) is 0 Å². The van der Waals surface area contributed by atoms with Gasteiger partial charge in [0.2, 0.25) is 0 Å². The van der Waals surface area contributed by atoms with Crippen molar-refractivity contribution in [2.24, 2.45) is 5.41 Å². The maximum absolute atomic E-state index is 5.17. The molecule has 1 fully saturated rings. The van der Waals surface area contributed by atoms with Gasteiger partial charge in [-0.1, -0.05) is 26.9 Å². The van der Waals surface area contributed by atoms with Crippen LogP contribution in [0, 0.1) is 5.41 Å². The van der Waals surface area contributed by atoms with Crippen molar-refractivity contribution in [3.63, 3.8) is 0 Å². The Balaban J connectivity index is 2.12. The van der Waals surface area contributed by atoms with Gasteiger partial charge in [0.1, 0.15) is 6.71 Å². The van der Waals surface area contributed by atoms with E-state index in [2.05, 4.69) is 20.6 Å². The van der Waals surface area contributed by atoms with Crippen molar-refractivity contribution >= 4 is 6.71 Å². The number of ether oxygens (including phenoxy) is 1. The number of hydrogen-bond donors (Lipinski definition) is 0. The molecule has 0 aliphatic carbocycles. The molecule has 0 N–H and O–H groups in total. The van der Waals surface area contributed by atoms with Crippen molar-refractivity contribution < 1.29 is 4.74 Å². The third-order valence-electron chi connectivity index (χ3n) is 2.23. The van der Waals surface area contributed by atoms with Gasteiger partial charge in [0.15, 0.2) is 0 Å². The van der Waals surface area contributed by atoms with Gasteiger partial charge < -0.3 is 4.74 Å². The topological polar surface area (TPSA) is 9.23 Å². The van der Waals surface area contributed by atoms with Crippen LogP contribution >= 0.6 is 0 Å². The second-order valence-electron chi connectivity index (χ2n) is 4.24. The van der Waals surface area contributed by atoms with Crippen molar-refractivity contribution in [1.82, 2.24) is 0 Å². The Morgan fingerprint density at radius 2 is 2.00 bits per heavy atom. The SMILES string of the molecule is CB(C)CCC1(C)COC1. The smallest absolute Gasteiger partial charge is 0.133 e. The first-order valence-corrected chi connectivity index (χ1v) is 4.20. The van der Waals surface area contributed by atoms with Crippen LogP contribution in [0.25, 0.3) is 0 Å². The molecule has 1 aliphatic rings. The van der Waals surface area contributed by atoms with Crippen molar-refractivity contribution in [3.05, 3.63) is 0 Å². The lowest BCUT2D eigenvalue weighted by atomic mass is 9.50. The van der Waals surface area contributed by atoms with E-state index in [1.54, 1.807) is 0 Å². The van der Waals surface area contributed by atoms with Crippen LogP contribution in [0.1, 0.15) is 13.3 Å². The van der Waals surface area contributed by atoms with E-state index in [0.29, 0.717) is 5.41 Å². The molecule has 1 saturated heterocycles. The zero-order chi connectivity index (χ0) is 7.61. The van der Waals surface area contributed by atoms with Gasteiger partial charge in [0.25, 0.3) is 0 Å². The molecular weight excluding hydrogens is 123 g/mol. The van der Waals surface area contributed by atoms with Crippen molar-refractivity contribution in [1.29, 1.82) is 0 Å². The summed E-state index contributed by atoms with van der Waals surface area (Å²) < 4.78 is 5.17. The first-order chi connectivity index (χ1) is 4.62. The zero-order valence-corrected chi connectivity index (χ0v) is 7.31. The summed E-state index contributed by atoms with van der Waals surface area (Å²) in [5.74, 6) is 0. The molecule has 2 heteroatoms. The maximum atomic E-state index is 5.17. The first kappa shape index (κ1) is 8.12. The highest BCUT2D eigenvalue weighted by Gasteiger charge is 2.32. The Labute approximate surface area is 64.2 Å². The second-order valence-corrected chi connectivity index (χ2v) is 4.24. The van der Waals surface area contributed by atoms with Crippen LogP contribution in [0.2, 0.25) is 20.0 Å². The third kappa shape index (κ3) is 2.01. The normalized spacial score (nSPS) is 21.9. The van der Waals surface area contributed by atoms with E-state index in [4.69, 9.17) is 4.74 Å². The van der Waals surface area contributed by atoms with Crippen LogP contribution in [0.4, 0.5) is 0 Å². The fraction of sp³-hybridized carbons (Fsp3) is 1.00. The minimum atomic E-state index is 0.532. The summed E-state index contributed by atoms with van der Waals surface area (Å²) in [6.07, 6.45) is 2.69. The van der Waals surface area contributed by atoms with Crippen LogP contribution in [0.5, 0.6) is 0 Å². The van der Waals surface area contributed by atoms with Gasteiger partial charge in [-0.25, -0.2) is 0 Å². The van der Waals surface area contributed by atoms with Gasteiger partial charge in [-0.15, -0.1) is 0 Å². The van der Waals surface area contributed by atoms with E-state index >= 15 is 0 Å². The molecule has 0 atom stereocenters. The molecule has 10 heavy (non-hydrogen) atoms. The fourth-order valence-electron chi connectivity index (χ4n) is 1.23. The minimum absolute atomic E-state index is 0.532. The summed E-state index contributed by atoms with van der Waals surface area (Å²) in [6, 6.07) is 0. The Bertz CT molecular complexity index is 108. The molecule has 1 heterocycles. The average molecular weight is 140 g/mol. The van der Waals surface area contributed by atoms with Gasteiger partial charge in [0.05, 0.1) is 13.2 Å². The van der Waals surface area contributed by atoms with Crippen LogP contribution in [-0.2, 0) is 4.74 Å². The second kappa shape index (κ2) is 2.95. The average Bonchev–Trinajstić information content (AvgIpc) is 1.79. The van der Waals surface area contributed by atoms with E-state index in [0.717, 1.165) is 19.9 Å². The Hall–Kier alpha value is 0.0249. The zero-order valence-electron chi connectivity index (χ0n) is 7.31. The molecule has 0 amide bonds. The standard InChI is InChI=1S/C8H17BO/c1-8(6-10-7-8)4-5-9(2)3/h4-7H2,1-3H3. The van der Waals surface area contributed by atoms with Crippen molar-refractivity contribution in [2.45, 2.75) is 33.3 Å². The molecule has 1 nitrogen and oxygen atoms in total. The van der Waals surface area contributed by atoms with E-state index in [9.17, 15) is 0 Å². The highest BCUT2D eigenvalue weighted by atomic mass is 16.5. The molecular formula is C8H17BO. The molecule has 0 bridgehead atoms. The summed E-state index contributed by atoms with van der Waals surface area (Å²) >= 11 is 0. The van der Waals surface area contributed by atoms with Crippen molar-refractivity contribution in [2.75, 3.05) is 13.2 Å². The van der Waals surface area contributed by atoms with Crippen LogP contribution in [-0.4, -0.2) is 19.9 Å². The number of rotatable bonds is 3. The molecule has 0 aromatic rings. The van der Waals surface area contributed by atoms with Crippen LogP contribution in [0.3, 0.4) is 0 Å². The van der Waals surface area contributed by atoms with Gasteiger partial charge in [-0.2, -0.15) is 0 Å². The molecule has 0 aromatic heterocycles. The van der Waals surface area contributed by atoms with Gasteiger partial charge >= 0.3 is 0 Å². The molecule has 0 spiro atoms. The lowest BCUT2D eigenvalue weighted by Gasteiger charge is -2.38. The van der Waals surface area contributed by atoms with Gasteiger partial charge in [0, 0.05) is 5.41 Å². The minimum Gasteiger partial charge on any atom is -0.380 e. The summed E-state index contributed by atoms with van der Waals surface area (Å²) in [4.78, 5) is 0. The highest BCUT2D eigenvalue weighted by Crippen LogP contribution is 2.32. The predicted octanol–water partition coefficient (Wildman–Crippen LogP) is 2.17. The molecule has 1 rings (SSSR count). The van der Waals surface area contributed by atoms with Crippen molar-refractivity contribution in [3.8, 4) is 0 Å². The first-order valence-electron chi connectivity index (χ1n) is 4.20. The quantitative estimate of drug-likeness (QED) is 0.546. The van der Waals surface area contributed by atoms with E-state index in [1.165, 1.54) is 12.7 Å². The fourth-order valence-corrected chi connectivity index (χ4v) is 1.23. The predicted molar refractivity (Wildman–Crippen MR) is 45.8 cm³/mol. The Morgan fingerprint density at radius 1 is 1.40 bits per heavy atom. The molecule has 0 aromatic carbocycles. The van der Waals surface area contributed by atoms with E-state index in [-0.39, 0.29) is 0 Å². The summed E-state index contributed by atoms with van der Waals surface area (Å²) in [5.41, 5.74) is 0.532. The van der Waals surface area contributed by atoms with Gasteiger partial charge in [-0.05, 0) is 6.42 Å². The highest BCUT2D eigenvalue weighted by molar-refractivity contribution is 6.55. The molecule has 0 unspecified atom stereocenters. The van der Waals surface area contributed by atoms with E-state index < -0.39 is 0 Å². The molecule has 0 saturated carbocycles. The lowest BCUT2D eigenvalue weighted by Crippen LogP contribution is -2.39. The van der Waals surface area contributed by atoms with E-state index in [1.807, 2.05) is 0 Å². The molecule has 1 aliphatic heterocycles. The molecule has 58 valence electrons. The summed E-state index contributed by atoms with van der Waals surface area (Å²) in [5, 5.41) is 0. The molecule has 0 radical (unpaired) electrons. The summed E-state index contributed by atoms with van der Waals surface area (Å²) in [6.45, 7) is 9.70. The van der Waals surface area contributed by atoms with Crippen LogP contribution in [0.15, 0.2) is 0 Å².